The maximum absolute atomic E-state index is 12.4. The van der Waals surface area contributed by atoms with Crippen molar-refractivity contribution >= 4 is 35.3 Å². The number of thioether (sulfide) groups is 2. The third-order valence-electron chi connectivity index (χ3n) is 4.49. The number of hydrazine groups is 1. The second kappa shape index (κ2) is 9.27. The van der Waals surface area contributed by atoms with E-state index in [1.54, 1.807) is 24.3 Å². The van der Waals surface area contributed by atoms with Gasteiger partial charge in [-0.05, 0) is 47.8 Å². The van der Waals surface area contributed by atoms with E-state index < -0.39 is 11.8 Å². The lowest BCUT2D eigenvalue weighted by Gasteiger charge is -2.21. The standard InChI is InChI=1S/C21H20N4O3S2/c26-17-13-25(16-5-2-1-3-6-16)24-18(17)20(28)23-22-19(27)14-7-9-15(10-8-14)21-29-11-4-12-30-21/h1-3,5-10,13,21,26H,4,11-12H2,(H,22,27)(H,23,28). The average molecular weight is 441 g/mol. The molecule has 0 saturated carbocycles. The molecule has 2 aromatic carbocycles. The van der Waals surface area contributed by atoms with Crippen molar-refractivity contribution in [1.29, 1.82) is 0 Å². The van der Waals surface area contributed by atoms with Crippen molar-refractivity contribution in [2.75, 3.05) is 11.5 Å². The van der Waals surface area contributed by atoms with Gasteiger partial charge in [-0.2, -0.15) is 5.10 Å². The number of carbonyl (C=O) groups excluding carboxylic acids is 2. The lowest BCUT2D eigenvalue weighted by Crippen LogP contribution is -2.41. The van der Waals surface area contributed by atoms with Crippen molar-refractivity contribution < 1.29 is 14.7 Å². The zero-order chi connectivity index (χ0) is 20.9. The number of nitrogens with zero attached hydrogens (tertiary/aromatic N) is 2. The molecule has 0 bridgehead atoms. The summed E-state index contributed by atoms with van der Waals surface area (Å²) in [7, 11) is 0. The van der Waals surface area contributed by atoms with Gasteiger partial charge < -0.3 is 5.11 Å². The van der Waals surface area contributed by atoms with Crippen LogP contribution in [0.1, 0.15) is 37.4 Å². The van der Waals surface area contributed by atoms with E-state index in [9.17, 15) is 14.7 Å². The molecule has 154 valence electrons. The lowest BCUT2D eigenvalue weighted by molar-refractivity contribution is 0.0842. The number of carbonyl (C=O) groups is 2. The number of rotatable bonds is 4. The number of aromatic hydroxyl groups is 1. The molecule has 0 atom stereocenters. The Hall–Kier alpha value is -2.91. The molecular weight excluding hydrogens is 420 g/mol. The largest absolute Gasteiger partial charge is 0.504 e. The first kappa shape index (κ1) is 20.4. The summed E-state index contributed by atoms with van der Waals surface area (Å²) in [6.07, 6.45) is 2.57. The van der Waals surface area contributed by atoms with Gasteiger partial charge in [0.25, 0.3) is 11.8 Å². The highest BCUT2D eigenvalue weighted by atomic mass is 32.2. The molecule has 1 saturated heterocycles. The molecule has 0 spiro atoms. The van der Waals surface area contributed by atoms with Crippen LogP contribution in [0.3, 0.4) is 0 Å². The molecule has 9 heteroatoms. The molecule has 2 amide bonds. The van der Waals surface area contributed by atoms with Crippen molar-refractivity contribution in [3.63, 3.8) is 0 Å². The molecule has 30 heavy (non-hydrogen) atoms. The summed E-state index contributed by atoms with van der Waals surface area (Å²) in [6.45, 7) is 0. The van der Waals surface area contributed by atoms with Crippen LogP contribution in [0, 0.1) is 0 Å². The van der Waals surface area contributed by atoms with E-state index in [4.69, 9.17) is 0 Å². The number of amides is 2. The Balaban J connectivity index is 1.37. The molecule has 2 heterocycles. The van der Waals surface area contributed by atoms with E-state index in [0.717, 1.165) is 11.5 Å². The number of hydrogen-bond acceptors (Lipinski definition) is 6. The van der Waals surface area contributed by atoms with Gasteiger partial charge >= 0.3 is 0 Å². The first-order valence-electron chi connectivity index (χ1n) is 9.40. The van der Waals surface area contributed by atoms with Crippen LogP contribution in [0.2, 0.25) is 0 Å². The van der Waals surface area contributed by atoms with Crippen molar-refractivity contribution in [2.24, 2.45) is 0 Å². The number of aromatic nitrogens is 2. The molecule has 0 radical (unpaired) electrons. The maximum Gasteiger partial charge on any atom is 0.294 e. The molecule has 3 N–H and O–H groups in total. The quantitative estimate of drug-likeness (QED) is 0.537. The molecule has 0 aliphatic carbocycles. The van der Waals surface area contributed by atoms with Crippen molar-refractivity contribution in [1.82, 2.24) is 20.6 Å². The zero-order valence-electron chi connectivity index (χ0n) is 15.9. The van der Waals surface area contributed by atoms with Gasteiger partial charge in [-0.15, -0.1) is 23.5 Å². The van der Waals surface area contributed by atoms with Crippen LogP contribution < -0.4 is 10.9 Å². The summed E-state index contributed by atoms with van der Waals surface area (Å²) < 4.78 is 1.80. The van der Waals surface area contributed by atoms with Gasteiger partial charge in [0, 0.05) is 5.56 Å². The Labute approximate surface area is 182 Å². The topological polar surface area (TPSA) is 96.3 Å². The van der Waals surface area contributed by atoms with Gasteiger partial charge in [0.1, 0.15) is 0 Å². The fraction of sp³-hybridized carbons (Fsp3) is 0.190. The minimum atomic E-state index is -0.706. The van der Waals surface area contributed by atoms with Crippen LogP contribution in [0.15, 0.2) is 60.8 Å². The van der Waals surface area contributed by atoms with Crippen LogP contribution >= 0.6 is 23.5 Å². The van der Waals surface area contributed by atoms with Crippen LogP contribution in [0.5, 0.6) is 5.75 Å². The van der Waals surface area contributed by atoms with Crippen molar-refractivity contribution in [3.8, 4) is 11.4 Å². The molecule has 1 aliphatic rings. The Morgan fingerprint density at radius 2 is 1.63 bits per heavy atom. The monoisotopic (exact) mass is 440 g/mol. The molecule has 1 aliphatic heterocycles. The van der Waals surface area contributed by atoms with Crippen LogP contribution in [-0.4, -0.2) is 38.2 Å². The highest BCUT2D eigenvalue weighted by Gasteiger charge is 2.19. The molecular formula is C21H20N4O3S2. The number of hydrogen-bond donors (Lipinski definition) is 3. The van der Waals surface area contributed by atoms with E-state index in [1.165, 1.54) is 22.9 Å². The van der Waals surface area contributed by atoms with Crippen LogP contribution in [0.25, 0.3) is 5.69 Å². The highest BCUT2D eigenvalue weighted by Crippen LogP contribution is 2.43. The molecule has 0 unspecified atom stereocenters. The van der Waals surface area contributed by atoms with E-state index in [-0.39, 0.29) is 11.4 Å². The second-order valence-corrected chi connectivity index (χ2v) is 9.32. The summed E-state index contributed by atoms with van der Waals surface area (Å²) in [6, 6.07) is 16.5. The highest BCUT2D eigenvalue weighted by molar-refractivity contribution is 8.16. The summed E-state index contributed by atoms with van der Waals surface area (Å²) in [5, 5.41) is 14.1. The van der Waals surface area contributed by atoms with Gasteiger partial charge in [-0.25, -0.2) is 4.68 Å². The fourth-order valence-corrected chi connectivity index (χ4v) is 5.85. The van der Waals surface area contributed by atoms with E-state index in [0.29, 0.717) is 15.8 Å². The Kier molecular flexibility index (Phi) is 6.29. The average Bonchev–Trinajstić information content (AvgIpc) is 3.20. The SMILES string of the molecule is O=C(NNC(=O)c1nn(-c2ccccc2)cc1O)c1ccc(C2SCCCS2)cc1. The third-order valence-corrected chi connectivity index (χ3v) is 7.51. The van der Waals surface area contributed by atoms with Gasteiger partial charge in [-0.3, -0.25) is 20.4 Å². The summed E-state index contributed by atoms with van der Waals surface area (Å²) in [5.41, 5.74) is 6.80. The number of nitrogens with one attached hydrogen (secondary N) is 2. The van der Waals surface area contributed by atoms with Gasteiger partial charge in [0.2, 0.25) is 0 Å². The van der Waals surface area contributed by atoms with Crippen LogP contribution in [-0.2, 0) is 0 Å². The predicted octanol–water partition coefficient (Wildman–Crippen LogP) is 3.52. The van der Waals surface area contributed by atoms with Crippen molar-refractivity contribution in [2.45, 2.75) is 11.0 Å². The molecule has 1 fully saturated rings. The molecule has 3 aromatic rings. The van der Waals surface area contributed by atoms with Crippen molar-refractivity contribution in [3.05, 3.63) is 77.6 Å². The maximum atomic E-state index is 12.4. The minimum Gasteiger partial charge on any atom is -0.504 e. The molecule has 1 aromatic heterocycles. The summed E-state index contributed by atoms with van der Waals surface area (Å²) in [4.78, 5) is 24.7. The third kappa shape index (κ3) is 4.63. The normalized spacial score (nSPS) is 14.3. The smallest absolute Gasteiger partial charge is 0.294 e. The predicted molar refractivity (Wildman–Crippen MR) is 119 cm³/mol. The lowest BCUT2D eigenvalue weighted by atomic mass is 10.1. The summed E-state index contributed by atoms with van der Waals surface area (Å²) >= 11 is 3.83. The van der Waals surface area contributed by atoms with Gasteiger partial charge in [0.05, 0.1) is 16.5 Å². The number of benzene rings is 2. The molecule has 4 rings (SSSR count). The summed E-state index contributed by atoms with van der Waals surface area (Å²) in [5.74, 6) is 0.873. The Morgan fingerprint density at radius 1 is 0.967 bits per heavy atom. The first-order chi connectivity index (χ1) is 14.6. The van der Waals surface area contributed by atoms with E-state index >= 15 is 0 Å². The second-order valence-electron chi connectivity index (χ2n) is 6.60. The van der Waals surface area contributed by atoms with Gasteiger partial charge in [0.15, 0.2) is 11.4 Å². The Bertz CT molecular complexity index is 1030. The molecule has 7 nitrogen and oxygen atoms in total. The Morgan fingerprint density at radius 3 is 2.33 bits per heavy atom. The van der Waals surface area contributed by atoms with E-state index in [1.807, 2.05) is 53.9 Å². The minimum absolute atomic E-state index is 0.180. The van der Waals surface area contributed by atoms with Gasteiger partial charge in [-0.1, -0.05) is 30.3 Å². The first-order valence-corrected chi connectivity index (χ1v) is 11.5. The van der Waals surface area contributed by atoms with Crippen LogP contribution in [0.4, 0.5) is 0 Å². The van der Waals surface area contributed by atoms with E-state index in [2.05, 4.69) is 16.0 Å². The number of para-hydroxylation sites is 1. The fourth-order valence-electron chi connectivity index (χ4n) is 2.96. The zero-order valence-corrected chi connectivity index (χ0v) is 17.6.